The van der Waals surface area contributed by atoms with E-state index >= 15 is 0 Å². The minimum Gasteiger partial charge on any atom is -0.362 e. The third kappa shape index (κ3) is 3.31. The van der Waals surface area contributed by atoms with E-state index in [1.165, 1.54) is 12.1 Å². The number of benzene rings is 1. The highest BCUT2D eigenvalue weighted by atomic mass is 19.1. The van der Waals surface area contributed by atoms with Crippen molar-refractivity contribution in [3.8, 4) is 0 Å². The Balaban J connectivity index is 1.82. The standard InChI is InChI=1S/C22H25FN2O2/c1-14-19(22(27)25-11-3-2-4-12-25)20(15-7-5-8-16(23)13-15)21-17(24-14)9-6-10-18(21)26/h5,7-8,13,20,24H,2-4,6,9-12H2,1H3/t20-/m1/s1. The molecule has 4 nitrogen and oxygen atoms in total. The first-order chi connectivity index (χ1) is 13.1. The van der Waals surface area contributed by atoms with Gasteiger partial charge in [0, 0.05) is 48.0 Å². The van der Waals surface area contributed by atoms with Crippen LogP contribution in [0.5, 0.6) is 0 Å². The summed E-state index contributed by atoms with van der Waals surface area (Å²) in [5.41, 5.74) is 3.61. The van der Waals surface area contributed by atoms with Crippen molar-refractivity contribution in [1.29, 1.82) is 0 Å². The van der Waals surface area contributed by atoms with Crippen LogP contribution in [0.25, 0.3) is 0 Å². The van der Waals surface area contributed by atoms with E-state index in [2.05, 4.69) is 5.32 Å². The minimum absolute atomic E-state index is 0.0288. The van der Waals surface area contributed by atoms with Gasteiger partial charge in [-0.15, -0.1) is 0 Å². The highest BCUT2D eigenvalue weighted by Gasteiger charge is 2.39. The van der Waals surface area contributed by atoms with Crippen molar-refractivity contribution in [2.45, 2.75) is 51.4 Å². The highest BCUT2D eigenvalue weighted by Crippen LogP contribution is 2.43. The van der Waals surface area contributed by atoms with Gasteiger partial charge in [0.1, 0.15) is 5.82 Å². The first-order valence-electron chi connectivity index (χ1n) is 9.85. The first-order valence-corrected chi connectivity index (χ1v) is 9.85. The summed E-state index contributed by atoms with van der Waals surface area (Å²) >= 11 is 0. The number of Topliss-reactive ketones (excluding diaryl/α,β-unsaturated/α-hetero) is 1. The maximum atomic E-state index is 14.0. The van der Waals surface area contributed by atoms with Gasteiger partial charge < -0.3 is 10.2 Å². The van der Waals surface area contributed by atoms with Crippen molar-refractivity contribution in [3.05, 3.63) is 58.2 Å². The molecular weight excluding hydrogens is 343 g/mol. The van der Waals surface area contributed by atoms with Crippen molar-refractivity contribution < 1.29 is 14.0 Å². The second-order valence-electron chi connectivity index (χ2n) is 7.67. The normalized spacial score (nSPS) is 23.3. The van der Waals surface area contributed by atoms with Gasteiger partial charge in [-0.05, 0) is 56.7 Å². The van der Waals surface area contributed by atoms with Gasteiger partial charge in [-0.3, -0.25) is 9.59 Å². The predicted molar refractivity (Wildman–Crippen MR) is 101 cm³/mol. The Hall–Kier alpha value is -2.43. The summed E-state index contributed by atoms with van der Waals surface area (Å²) in [5, 5.41) is 3.33. The number of dihydropyridines is 1. The molecule has 5 heteroatoms. The molecule has 1 saturated heterocycles. The van der Waals surface area contributed by atoms with E-state index in [9.17, 15) is 14.0 Å². The third-order valence-corrected chi connectivity index (χ3v) is 5.83. The SMILES string of the molecule is CC1=C(C(=O)N2CCCCC2)[C@@H](c2cccc(F)c2)C2=C(CCCC2=O)N1. The van der Waals surface area contributed by atoms with Gasteiger partial charge in [0.25, 0.3) is 5.91 Å². The molecule has 2 heterocycles. The number of allylic oxidation sites excluding steroid dienone is 3. The Morgan fingerprint density at radius 3 is 2.67 bits per heavy atom. The molecule has 0 spiro atoms. The summed E-state index contributed by atoms with van der Waals surface area (Å²) in [7, 11) is 0. The molecule has 142 valence electrons. The molecule has 1 aliphatic carbocycles. The number of hydrogen-bond donors (Lipinski definition) is 1. The van der Waals surface area contributed by atoms with Crippen LogP contribution in [0.3, 0.4) is 0 Å². The van der Waals surface area contributed by atoms with Crippen LogP contribution in [0.2, 0.25) is 0 Å². The molecule has 1 aromatic rings. The maximum Gasteiger partial charge on any atom is 0.252 e. The van der Waals surface area contributed by atoms with Crippen molar-refractivity contribution in [2.75, 3.05) is 13.1 Å². The number of nitrogens with one attached hydrogen (secondary N) is 1. The second-order valence-corrected chi connectivity index (χ2v) is 7.67. The van der Waals surface area contributed by atoms with E-state index in [1.807, 2.05) is 17.9 Å². The van der Waals surface area contributed by atoms with Crippen LogP contribution in [-0.2, 0) is 9.59 Å². The Labute approximate surface area is 159 Å². The van der Waals surface area contributed by atoms with Gasteiger partial charge >= 0.3 is 0 Å². The van der Waals surface area contributed by atoms with Crippen LogP contribution in [0.4, 0.5) is 4.39 Å². The number of ketones is 1. The van der Waals surface area contributed by atoms with Crippen molar-refractivity contribution in [2.24, 2.45) is 0 Å². The summed E-state index contributed by atoms with van der Waals surface area (Å²) in [5.74, 6) is -0.800. The molecule has 3 aliphatic rings. The molecule has 4 rings (SSSR count). The fourth-order valence-corrected chi connectivity index (χ4v) is 4.55. The van der Waals surface area contributed by atoms with Crippen LogP contribution in [-0.4, -0.2) is 29.7 Å². The number of hydrogen-bond acceptors (Lipinski definition) is 3. The molecule has 2 aliphatic heterocycles. The zero-order valence-corrected chi connectivity index (χ0v) is 15.7. The largest absolute Gasteiger partial charge is 0.362 e. The summed E-state index contributed by atoms with van der Waals surface area (Å²) in [6.45, 7) is 3.38. The van der Waals surface area contributed by atoms with Gasteiger partial charge in [-0.25, -0.2) is 4.39 Å². The zero-order chi connectivity index (χ0) is 19.0. The molecule has 1 aromatic carbocycles. The number of carbonyl (C=O) groups is 2. The summed E-state index contributed by atoms with van der Waals surface area (Å²) < 4.78 is 14.0. The van der Waals surface area contributed by atoms with Gasteiger partial charge in [0.05, 0.1) is 0 Å². The molecular formula is C22H25FN2O2. The van der Waals surface area contributed by atoms with Crippen LogP contribution < -0.4 is 5.32 Å². The van der Waals surface area contributed by atoms with E-state index in [1.54, 1.807) is 6.07 Å². The van der Waals surface area contributed by atoms with E-state index in [-0.39, 0.29) is 17.5 Å². The van der Waals surface area contributed by atoms with E-state index in [4.69, 9.17) is 0 Å². The molecule has 0 unspecified atom stereocenters. The van der Waals surface area contributed by atoms with Gasteiger partial charge in [-0.1, -0.05) is 12.1 Å². The monoisotopic (exact) mass is 368 g/mol. The molecule has 1 N–H and O–H groups in total. The topological polar surface area (TPSA) is 49.4 Å². The molecule has 0 radical (unpaired) electrons. The summed E-state index contributed by atoms with van der Waals surface area (Å²) in [6, 6.07) is 6.32. The number of amides is 1. The van der Waals surface area contributed by atoms with Crippen molar-refractivity contribution in [1.82, 2.24) is 10.2 Å². The molecule has 0 bridgehead atoms. The maximum absolute atomic E-state index is 14.0. The lowest BCUT2D eigenvalue weighted by Gasteiger charge is -2.37. The van der Waals surface area contributed by atoms with E-state index in [0.29, 0.717) is 23.1 Å². The fraction of sp³-hybridized carbons (Fsp3) is 0.455. The molecule has 1 fully saturated rings. The molecule has 0 saturated carbocycles. The van der Waals surface area contributed by atoms with Crippen LogP contribution in [0.1, 0.15) is 56.9 Å². The Morgan fingerprint density at radius 2 is 1.93 bits per heavy atom. The molecule has 1 atom stereocenters. The van der Waals surface area contributed by atoms with E-state index in [0.717, 1.165) is 56.6 Å². The Kier molecular flexibility index (Phi) is 4.85. The number of likely N-dealkylation sites (tertiary alicyclic amines) is 1. The van der Waals surface area contributed by atoms with Crippen molar-refractivity contribution >= 4 is 11.7 Å². The highest BCUT2D eigenvalue weighted by molar-refractivity contribution is 6.05. The zero-order valence-electron chi connectivity index (χ0n) is 15.7. The number of rotatable bonds is 2. The second kappa shape index (κ2) is 7.29. The van der Waals surface area contributed by atoms with E-state index < -0.39 is 5.92 Å². The number of piperidine rings is 1. The Morgan fingerprint density at radius 1 is 1.15 bits per heavy atom. The quantitative estimate of drug-likeness (QED) is 0.864. The average molecular weight is 368 g/mol. The summed E-state index contributed by atoms with van der Waals surface area (Å²) in [4.78, 5) is 28.1. The predicted octanol–water partition coefficient (Wildman–Crippen LogP) is 3.81. The van der Waals surface area contributed by atoms with Crippen molar-refractivity contribution in [3.63, 3.8) is 0 Å². The molecule has 1 amide bonds. The number of halogens is 1. The van der Waals surface area contributed by atoms with Gasteiger partial charge in [-0.2, -0.15) is 0 Å². The van der Waals surface area contributed by atoms with Gasteiger partial charge in [0.2, 0.25) is 0 Å². The molecule has 27 heavy (non-hydrogen) atoms. The number of carbonyl (C=O) groups excluding carboxylic acids is 2. The minimum atomic E-state index is -0.487. The fourth-order valence-electron chi connectivity index (χ4n) is 4.55. The Bertz CT molecular complexity index is 850. The summed E-state index contributed by atoms with van der Waals surface area (Å²) in [6.07, 6.45) is 5.22. The van der Waals surface area contributed by atoms with Crippen LogP contribution in [0, 0.1) is 5.82 Å². The van der Waals surface area contributed by atoms with Crippen LogP contribution in [0.15, 0.2) is 46.8 Å². The van der Waals surface area contributed by atoms with Gasteiger partial charge in [0.15, 0.2) is 5.78 Å². The lowest BCUT2D eigenvalue weighted by atomic mass is 9.75. The first kappa shape index (κ1) is 18.0. The smallest absolute Gasteiger partial charge is 0.252 e. The lowest BCUT2D eigenvalue weighted by molar-refractivity contribution is -0.128. The molecule has 0 aromatic heterocycles. The average Bonchev–Trinajstić information content (AvgIpc) is 2.67. The third-order valence-electron chi connectivity index (χ3n) is 5.83. The lowest BCUT2D eigenvalue weighted by Crippen LogP contribution is -2.42. The number of nitrogens with zero attached hydrogens (tertiary/aromatic N) is 1. The van der Waals surface area contributed by atoms with Crippen LogP contribution >= 0.6 is 0 Å².